The molecule has 3 rings (SSSR count). The van der Waals surface area contributed by atoms with Crippen molar-refractivity contribution in [1.82, 2.24) is 15.3 Å². The van der Waals surface area contributed by atoms with Gasteiger partial charge >= 0.3 is 0 Å². The van der Waals surface area contributed by atoms with Gasteiger partial charge in [0.2, 0.25) is 17.8 Å². The summed E-state index contributed by atoms with van der Waals surface area (Å²) in [6.45, 7) is -0.189. The number of nitrogens with zero attached hydrogens (tertiary/aromatic N) is 1. The Morgan fingerprint density at radius 1 is 1.08 bits per heavy atom. The van der Waals surface area contributed by atoms with Gasteiger partial charge in [0.1, 0.15) is 5.82 Å². The highest BCUT2D eigenvalue weighted by atomic mass is 19.1. The number of carbonyl (C=O) groups is 2. The van der Waals surface area contributed by atoms with Gasteiger partial charge < -0.3 is 10.3 Å². The van der Waals surface area contributed by atoms with E-state index in [1.165, 1.54) is 18.2 Å². The van der Waals surface area contributed by atoms with E-state index in [1.807, 2.05) is 24.3 Å². The van der Waals surface area contributed by atoms with Crippen molar-refractivity contribution in [3.05, 3.63) is 59.9 Å². The number of aromatic nitrogens is 2. The Bertz CT molecular complexity index is 858. The number of benzene rings is 2. The Morgan fingerprint density at radius 3 is 2.71 bits per heavy atom. The average Bonchev–Trinajstić information content (AvgIpc) is 2.95. The van der Waals surface area contributed by atoms with E-state index in [2.05, 4.69) is 20.6 Å². The number of para-hydroxylation sites is 2. The van der Waals surface area contributed by atoms with Gasteiger partial charge in [-0.1, -0.05) is 24.3 Å². The number of amides is 2. The molecule has 0 aliphatic heterocycles. The van der Waals surface area contributed by atoms with E-state index in [4.69, 9.17) is 0 Å². The van der Waals surface area contributed by atoms with Gasteiger partial charge in [0.15, 0.2) is 0 Å². The maximum Gasteiger partial charge on any atom is 0.246 e. The normalized spacial score (nSPS) is 10.5. The number of imidazole rings is 1. The molecule has 0 saturated heterocycles. The molecule has 2 aromatic carbocycles. The Kier molecular flexibility index (Phi) is 4.51. The first-order valence-corrected chi connectivity index (χ1v) is 7.36. The maximum absolute atomic E-state index is 13.1. The van der Waals surface area contributed by atoms with Crippen molar-refractivity contribution < 1.29 is 14.0 Å². The van der Waals surface area contributed by atoms with Gasteiger partial charge in [-0.05, 0) is 29.8 Å². The minimum Gasteiger partial charge on any atom is -0.347 e. The highest BCUT2D eigenvalue weighted by Gasteiger charge is 2.09. The summed E-state index contributed by atoms with van der Waals surface area (Å²) < 4.78 is 13.1. The van der Waals surface area contributed by atoms with Crippen LogP contribution in [0.3, 0.4) is 0 Å². The number of H-pyrrole nitrogens is 1. The number of aromatic amines is 1. The van der Waals surface area contributed by atoms with Crippen molar-refractivity contribution >= 4 is 28.8 Å². The molecular formula is C17H15FN4O2. The predicted octanol–water partition coefficient (Wildman–Crippen LogP) is 2.00. The predicted molar refractivity (Wildman–Crippen MR) is 87.8 cm³/mol. The second-order valence-electron chi connectivity index (χ2n) is 5.23. The highest BCUT2D eigenvalue weighted by Crippen LogP contribution is 2.12. The summed E-state index contributed by atoms with van der Waals surface area (Å²) in [5.74, 6) is -0.842. The second kappa shape index (κ2) is 6.91. The van der Waals surface area contributed by atoms with Gasteiger partial charge in [0, 0.05) is 0 Å². The van der Waals surface area contributed by atoms with Crippen LogP contribution >= 0.6 is 0 Å². The van der Waals surface area contributed by atoms with Crippen molar-refractivity contribution in [2.75, 3.05) is 11.9 Å². The standard InChI is InChI=1S/C17H15FN4O2/c18-12-5-3-4-11(8-12)9-15(23)19-10-16(24)22-17-20-13-6-1-2-7-14(13)21-17/h1-8H,9-10H2,(H,19,23)(H2,20,21,22,24). The van der Waals surface area contributed by atoms with Gasteiger partial charge in [0.05, 0.1) is 24.0 Å². The molecule has 3 N–H and O–H groups in total. The Hall–Kier alpha value is -3.22. The van der Waals surface area contributed by atoms with E-state index < -0.39 is 11.7 Å². The summed E-state index contributed by atoms with van der Waals surface area (Å²) in [6.07, 6.45) is 0.00960. The molecule has 3 aromatic rings. The first kappa shape index (κ1) is 15.7. The molecule has 0 radical (unpaired) electrons. The molecule has 0 saturated carbocycles. The van der Waals surface area contributed by atoms with Crippen LogP contribution in [-0.4, -0.2) is 28.3 Å². The number of anilines is 1. The van der Waals surface area contributed by atoms with Gasteiger partial charge in [-0.25, -0.2) is 9.37 Å². The van der Waals surface area contributed by atoms with Crippen LogP contribution in [0.5, 0.6) is 0 Å². The lowest BCUT2D eigenvalue weighted by atomic mass is 10.1. The molecular weight excluding hydrogens is 311 g/mol. The molecule has 0 aliphatic rings. The lowest BCUT2D eigenvalue weighted by Crippen LogP contribution is -2.34. The third kappa shape index (κ3) is 3.95. The fourth-order valence-corrected chi connectivity index (χ4v) is 2.26. The van der Waals surface area contributed by atoms with Crippen molar-refractivity contribution in [3.8, 4) is 0 Å². The fourth-order valence-electron chi connectivity index (χ4n) is 2.26. The van der Waals surface area contributed by atoms with Crippen LogP contribution in [0.1, 0.15) is 5.56 Å². The summed E-state index contributed by atoms with van der Waals surface area (Å²) in [7, 11) is 0. The summed E-state index contributed by atoms with van der Waals surface area (Å²) in [4.78, 5) is 30.8. The Labute approximate surface area is 137 Å². The molecule has 2 amide bonds. The zero-order valence-electron chi connectivity index (χ0n) is 12.7. The molecule has 122 valence electrons. The van der Waals surface area contributed by atoms with Gasteiger partial charge in [-0.3, -0.25) is 14.9 Å². The zero-order chi connectivity index (χ0) is 16.9. The molecule has 1 aromatic heterocycles. The van der Waals surface area contributed by atoms with E-state index in [-0.39, 0.29) is 18.9 Å². The van der Waals surface area contributed by atoms with Crippen LogP contribution in [-0.2, 0) is 16.0 Å². The lowest BCUT2D eigenvalue weighted by molar-refractivity contribution is -0.123. The summed E-state index contributed by atoms with van der Waals surface area (Å²) in [5.41, 5.74) is 2.09. The minimum atomic E-state index is -0.401. The van der Waals surface area contributed by atoms with E-state index >= 15 is 0 Å². The fraction of sp³-hybridized carbons (Fsp3) is 0.118. The molecule has 24 heavy (non-hydrogen) atoms. The summed E-state index contributed by atoms with van der Waals surface area (Å²) in [6, 6.07) is 13.2. The third-order valence-corrected chi connectivity index (χ3v) is 3.35. The maximum atomic E-state index is 13.1. The molecule has 0 fully saturated rings. The Balaban J connectivity index is 1.50. The number of halogens is 1. The largest absolute Gasteiger partial charge is 0.347 e. The molecule has 0 aliphatic carbocycles. The number of nitrogens with one attached hydrogen (secondary N) is 3. The molecule has 6 nitrogen and oxygen atoms in total. The molecule has 0 spiro atoms. The number of hydrogen-bond acceptors (Lipinski definition) is 3. The molecule has 0 atom stereocenters. The van der Waals surface area contributed by atoms with Crippen molar-refractivity contribution in [2.24, 2.45) is 0 Å². The van der Waals surface area contributed by atoms with E-state index in [0.717, 1.165) is 11.0 Å². The molecule has 1 heterocycles. The van der Waals surface area contributed by atoms with Crippen LogP contribution in [0.2, 0.25) is 0 Å². The SMILES string of the molecule is O=C(Cc1cccc(F)c1)NCC(=O)Nc1nc2ccccc2[nH]1. The lowest BCUT2D eigenvalue weighted by Gasteiger charge is -2.05. The van der Waals surface area contributed by atoms with Gasteiger partial charge in [-0.15, -0.1) is 0 Å². The van der Waals surface area contributed by atoms with E-state index in [1.54, 1.807) is 6.07 Å². The zero-order valence-corrected chi connectivity index (χ0v) is 12.7. The van der Waals surface area contributed by atoms with Crippen LogP contribution in [0.4, 0.5) is 10.3 Å². The van der Waals surface area contributed by atoms with Gasteiger partial charge in [0.25, 0.3) is 0 Å². The minimum absolute atomic E-state index is 0.00960. The summed E-state index contributed by atoms with van der Waals surface area (Å²) >= 11 is 0. The quantitative estimate of drug-likeness (QED) is 0.670. The van der Waals surface area contributed by atoms with Crippen molar-refractivity contribution in [3.63, 3.8) is 0 Å². The van der Waals surface area contributed by atoms with Crippen LogP contribution in [0, 0.1) is 5.82 Å². The van der Waals surface area contributed by atoms with Crippen molar-refractivity contribution in [2.45, 2.75) is 6.42 Å². The first-order chi connectivity index (χ1) is 11.6. The smallest absolute Gasteiger partial charge is 0.246 e. The van der Waals surface area contributed by atoms with E-state index in [0.29, 0.717) is 11.5 Å². The number of carbonyl (C=O) groups excluding carboxylic acids is 2. The van der Waals surface area contributed by atoms with Crippen LogP contribution < -0.4 is 10.6 Å². The number of fused-ring (bicyclic) bond motifs is 1. The second-order valence-corrected chi connectivity index (χ2v) is 5.23. The molecule has 0 unspecified atom stereocenters. The highest BCUT2D eigenvalue weighted by molar-refractivity contribution is 5.94. The number of hydrogen-bond donors (Lipinski definition) is 3. The molecule has 7 heteroatoms. The summed E-state index contributed by atoms with van der Waals surface area (Å²) in [5, 5.41) is 5.07. The average molecular weight is 326 g/mol. The topological polar surface area (TPSA) is 86.9 Å². The third-order valence-electron chi connectivity index (χ3n) is 3.35. The van der Waals surface area contributed by atoms with Crippen LogP contribution in [0.15, 0.2) is 48.5 Å². The monoisotopic (exact) mass is 326 g/mol. The van der Waals surface area contributed by atoms with Gasteiger partial charge in [-0.2, -0.15) is 0 Å². The van der Waals surface area contributed by atoms with Crippen LogP contribution in [0.25, 0.3) is 11.0 Å². The van der Waals surface area contributed by atoms with E-state index in [9.17, 15) is 14.0 Å². The number of rotatable bonds is 5. The Morgan fingerprint density at radius 2 is 1.92 bits per heavy atom. The first-order valence-electron chi connectivity index (χ1n) is 7.36. The van der Waals surface area contributed by atoms with Crippen molar-refractivity contribution in [1.29, 1.82) is 0 Å². The molecule has 0 bridgehead atoms.